The molecule has 0 bridgehead atoms. The molecule has 2 rings (SSSR count). The molecule has 0 saturated carbocycles. The van der Waals surface area contributed by atoms with E-state index in [2.05, 4.69) is 5.32 Å². The van der Waals surface area contributed by atoms with E-state index in [-0.39, 0.29) is 13.2 Å². The van der Waals surface area contributed by atoms with Crippen molar-refractivity contribution in [1.29, 1.82) is 0 Å². The summed E-state index contributed by atoms with van der Waals surface area (Å²) in [5, 5.41) is 2.49. The summed E-state index contributed by atoms with van der Waals surface area (Å²) in [7, 11) is 0. The van der Waals surface area contributed by atoms with Crippen molar-refractivity contribution in [2.45, 2.75) is 45.4 Å². The third-order valence-electron chi connectivity index (χ3n) is 3.32. The molecule has 1 aromatic rings. The predicted molar refractivity (Wildman–Crippen MR) is 86.1 cm³/mol. The summed E-state index contributed by atoms with van der Waals surface area (Å²) in [5.74, 6) is -0.485. The van der Waals surface area contributed by atoms with Crippen LogP contribution in [0.2, 0.25) is 0 Å². The van der Waals surface area contributed by atoms with Gasteiger partial charge >= 0.3 is 12.2 Å². The van der Waals surface area contributed by atoms with E-state index in [1.54, 1.807) is 20.8 Å². The number of ether oxygens (including phenoxy) is 2. The Morgan fingerprint density at radius 1 is 1.25 bits per heavy atom. The van der Waals surface area contributed by atoms with Crippen LogP contribution in [0.4, 0.5) is 9.59 Å². The van der Waals surface area contributed by atoms with Crippen molar-refractivity contribution in [1.82, 2.24) is 10.2 Å². The number of nitrogens with zero attached hydrogens (tertiary/aromatic N) is 1. The maximum Gasteiger partial charge on any atom is 0.417 e. The molecule has 1 heterocycles. The highest BCUT2D eigenvalue weighted by molar-refractivity contribution is 5.98. The van der Waals surface area contributed by atoms with Gasteiger partial charge in [0.05, 0.1) is 0 Å². The number of carbonyl (C=O) groups is 3. The topological polar surface area (TPSA) is 84.9 Å². The van der Waals surface area contributed by atoms with E-state index in [1.165, 1.54) is 0 Å². The van der Waals surface area contributed by atoms with E-state index in [0.29, 0.717) is 6.42 Å². The third-order valence-corrected chi connectivity index (χ3v) is 3.32. The molecule has 1 atom stereocenters. The maximum absolute atomic E-state index is 12.2. The number of benzene rings is 1. The molecular weight excluding hydrogens is 312 g/mol. The molecule has 1 saturated heterocycles. The zero-order valence-corrected chi connectivity index (χ0v) is 14.1. The lowest BCUT2D eigenvalue weighted by molar-refractivity contribution is -0.128. The quantitative estimate of drug-likeness (QED) is 0.918. The minimum absolute atomic E-state index is 0.114. The molecule has 1 aliphatic heterocycles. The Morgan fingerprint density at radius 3 is 2.54 bits per heavy atom. The van der Waals surface area contributed by atoms with Crippen molar-refractivity contribution in [2.75, 3.05) is 6.54 Å². The van der Waals surface area contributed by atoms with Crippen molar-refractivity contribution >= 4 is 18.1 Å². The lowest BCUT2D eigenvalue weighted by Crippen LogP contribution is -2.44. The van der Waals surface area contributed by atoms with E-state index in [9.17, 15) is 14.4 Å². The van der Waals surface area contributed by atoms with E-state index in [1.807, 2.05) is 30.3 Å². The first-order valence-electron chi connectivity index (χ1n) is 7.78. The Morgan fingerprint density at radius 2 is 1.92 bits per heavy atom. The molecule has 7 nitrogen and oxygen atoms in total. The molecule has 0 spiro atoms. The van der Waals surface area contributed by atoms with Crippen LogP contribution in [0.1, 0.15) is 32.8 Å². The van der Waals surface area contributed by atoms with Crippen LogP contribution >= 0.6 is 0 Å². The van der Waals surface area contributed by atoms with E-state index in [0.717, 1.165) is 10.5 Å². The summed E-state index contributed by atoms with van der Waals surface area (Å²) in [6.07, 6.45) is -1.06. The van der Waals surface area contributed by atoms with E-state index >= 15 is 0 Å². The van der Waals surface area contributed by atoms with Crippen LogP contribution in [0.25, 0.3) is 0 Å². The number of likely N-dealkylation sites (tertiary alicyclic amines) is 1. The van der Waals surface area contributed by atoms with Crippen LogP contribution in [0.15, 0.2) is 30.3 Å². The number of hydrogen-bond donors (Lipinski definition) is 1. The first-order chi connectivity index (χ1) is 11.3. The van der Waals surface area contributed by atoms with Crippen LogP contribution in [-0.4, -0.2) is 41.2 Å². The third kappa shape index (κ3) is 4.97. The SMILES string of the molecule is CC(C)(C)OC(=O)N1CCC(NC(=O)OCc2ccccc2)C1=O. The van der Waals surface area contributed by atoms with Gasteiger partial charge in [-0.25, -0.2) is 14.5 Å². The molecule has 1 aliphatic rings. The average molecular weight is 334 g/mol. The van der Waals surface area contributed by atoms with Gasteiger partial charge in [0, 0.05) is 6.54 Å². The normalized spacial score (nSPS) is 17.5. The van der Waals surface area contributed by atoms with Crippen molar-refractivity contribution in [3.8, 4) is 0 Å². The van der Waals surface area contributed by atoms with Gasteiger partial charge in [-0.3, -0.25) is 4.79 Å². The molecule has 1 unspecified atom stereocenters. The molecule has 1 aromatic carbocycles. The fourth-order valence-corrected chi connectivity index (χ4v) is 2.22. The molecule has 1 fully saturated rings. The van der Waals surface area contributed by atoms with Gasteiger partial charge in [0.15, 0.2) is 0 Å². The second-order valence-corrected chi connectivity index (χ2v) is 6.52. The summed E-state index contributed by atoms with van der Waals surface area (Å²) in [4.78, 5) is 37.0. The highest BCUT2D eigenvalue weighted by atomic mass is 16.6. The summed E-state index contributed by atoms with van der Waals surface area (Å²) in [5.41, 5.74) is 0.165. The Labute approximate surface area is 140 Å². The largest absolute Gasteiger partial charge is 0.445 e. The summed E-state index contributed by atoms with van der Waals surface area (Å²) in [6, 6.07) is 8.44. The Hall–Kier alpha value is -2.57. The molecule has 1 N–H and O–H groups in total. The van der Waals surface area contributed by atoms with Gasteiger partial charge in [-0.15, -0.1) is 0 Å². The smallest absolute Gasteiger partial charge is 0.417 e. The zero-order chi connectivity index (χ0) is 17.7. The van der Waals surface area contributed by atoms with Gasteiger partial charge in [0.1, 0.15) is 18.2 Å². The maximum atomic E-state index is 12.2. The van der Waals surface area contributed by atoms with Crippen LogP contribution < -0.4 is 5.32 Å². The second-order valence-electron chi connectivity index (χ2n) is 6.52. The zero-order valence-electron chi connectivity index (χ0n) is 14.1. The minimum atomic E-state index is -0.777. The van der Waals surface area contributed by atoms with E-state index in [4.69, 9.17) is 9.47 Å². The number of imide groups is 1. The Bertz CT molecular complexity index is 609. The lowest BCUT2D eigenvalue weighted by atomic mass is 10.2. The van der Waals surface area contributed by atoms with Gasteiger partial charge in [-0.2, -0.15) is 0 Å². The first kappa shape index (κ1) is 17.8. The van der Waals surface area contributed by atoms with Crippen LogP contribution in [0, 0.1) is 0 Å². The van der Waals surface area contributed by atoms with Gasteiger partial charge in [-0.1, -0.05) is 30.3 Å². The minimum Gasteiger partial charge on any atom is -0.445 e. The average Bonchev–Trinajstić information content (AvgIpc) is 2.86. The van der Waals surface area contributed by atoms with E-state index < -0.39 is 29.7 Å². The van der Waals surface area contributed by atoms with Gasteiger partial charge < -0.3 is 14.8 Å². The highest BCUT2D eigenvalue weighted by Gasteiger charge is 2.38. The number of hydrogen-bond acceptors (Lipinski definition) is 5. The lowest BCUT2D eigenvalue weighted by Gasteiger charge is -2.23. The monoisotopic (exact) mass is 334 g/mol. The second kappa shape index (κ2) is 7.33. The van der Waals surface area contributed by atoms with Crippen LogP contribution in [0.5, 0.6) is 0 Å². The van der Waals surface area contributed by atoms with Gasteiger partial charge in [0.2, 0.25) is 0 Å². The van der Waals surface area contributed by atoms with Crippen molar-refractivity contribution < 1.29 is 23.9 Å². The van der Waals surface area contributed by atoms with Gasteiger partial charge in [-0.05, 0) is 32.8 Å². The number of amides is 3. The molecule has 7 heteroatoms. The van der Waals surface area contributed by atoms with Crippen LogP contribution in [-0.2, 0) is 20.9 Å². The molecule has 24 heavy (non-hydrogen) atoms. The summed E-state index contributed by atoms with van der Waals surface area (Å²) in [6.45, 7) is 5.49. The van der Waals surface area contributed by atoms with Gasteiger partial charge in [0.25, 0.3) is 5.91 Å². The summed E-state index contributed by atoms with van der Waals surface area (Å²) >= 11 is 0. The molecule has 0 radical (unpaired) electrons. The fraction of sp³-hybridized carbons (Fsp3) is 0.471. The van der Waals surface area contributed by atoms with Crippen LogP contribution in [0.3, 0.4) is 0 Å². The van der Waals surface area contributed by atoms with Crippen molar-refractivity contribution in [3.05, 3.63) is 35.9 Å². The van der Waals surface area contributed by atoms with Crippen molar-refractivity contribution in [2.24, 2.45) is 0 Å². The molecule has 0 aromatic heterocycles. The summed E-state index contributed by atoms with van der Waals surface area (Å²) < 4.78 is 10.3. The molecular formula is C17H22N2O5. The number of rotatable bonds is 3. The van der Waals surface area contributed by atoms with Crippen molar-refractivity contribution in [3.63, 3.8) is 0 Å². The standard InChI is InChI=1S/C17H22N2O5/c1-17(2,3)24-16(22)19-10-9-13(14(19)20)18-15(21)23-11-12-7-5-4-6-8-12/h4-8,13H,9-11H2,1-3H3,(H,18,21). The Balaban J connectivity index is 1.82. The molecule has 130 valence electrons. The number of carbonyl (C=O) groups excluding carboxylic acids is 3. The molecule has 0 aliphatic carbocycles. The molecule has 3 amide bonds. The highest BCUT2D eigenvalue weighted by Crippen LogP contribution is 2.16. The fourth-order valence-electron chi connectivity index (χ4n) is 2.22. The Kier molecular flexibility index (Phi) is 5.43. The first-order valence-corrected chi connectivity index (χ1v) is 7.78. The number of alkyl carbamates (subject to hydrolysis) is 1. The predicted octanol–water partition coefficient (Wildman–Crippen LogP) is 2.45. The number of nitrogens with one attached hydrogen (secondary N) is 1.